The fraction of sp³-hybridized carbons (Fsp3) is 0.286. The van der Waals surface area contributed by atoms with Gasteiger partial charge in [-0.1, -0.05) is 18.5 Å². The quantitative estimate of drug-likeness (QED) is 0.751. The maximum atomic E-state index is 11.2. The Bertz CT molecular complexity index is 571. The van der Waals surface area contributed by atoms with Crippen molar-refractivity contribution in [3.63, 3.8) is 0 Å². The topological polar surface area (TPSA) is 98.8 Å². The molecule has 1 rings (SSSR count). The summed E-state index contributed by atoms with van der Waals surface area (Å²) in [6, 6.07) is 3.06. The number of halogens is 1. The van der Waals surface area contributed by atoms with E-state index in [1.165, 1.54) is 19.3 Å². The summed E-state index contributed by atoms with van der Waals surface area (Å²) in [5.41, 5.74) is 5.75. The number of carbonyl (C=O) groups excluding carboxylic acids is 1. The van der Waals surface area contributed by atoms with E-state index < -0.39 is 18.0 Å². The van der Waals surface area contributed by atoms with Crippen molar-refractivity contribution >= 4 is 29.6 Å². The Hall–Kier alpha value is -2.21. The first-order valence-electron chi connectivity index (χ1n) is 6.13. The second-order valence-corrected chi connectivity index (χ2v) is 4.53. The lowest BCUT2D eigenvalue weighted by atomic mass is 10.1. The van der Waals surface area contributed by atoms with Crippen molar-refractivity contribution in [2.24, 2.45) is 5.73 Å². The van der Waals surface area contributed by atoms with Crippen molar-refractivity contribution < 1.29 is 24.2 Å². The Kier molecular flexibility index (Phi) is 6.05. The average Bonchev–Trinajstić information content (AvgIpc) is 2.42. The van der Waals surface area contributed by atoms with E-state index in [0.717, 1.165) is 6.08 Å². The predicted molar refractivity (Wildman–Crippen MR) is 78.6 cm³/mol. The van der Waals surface area contributed by atoms with Crippen LogP contribution in [-0.2, 0) is 9.59 Å². The molecule has 0 spiro atoms. The molecular weight excluding hydrogens is 298 g/mol. The Balaban J connectivity index is 3.16. The van der Waals surface area contributed by atoms with E-state index >= 15 is 0 Å². The van der Waals surface area contributed by atoms with Gasteiger partial charge < -0.3 is 20.3 Å². The van der Waals surface area contributed by atoms with Crippen molar-refractivity contribution in [3.05, 3.63) is 28.8 Å². The number of carbonyl (C=O) groups is 2. The molecule has 1 amide bonds. The zero-order valence-corrected chi connectivity index (χ0v) is 12.4. The van der Waals surface area contributed by atoms with Crippen LogP contribution >= 0.6 is 11.6 Å². The highest BCUT2D eigenvalue weighted by molar-refractivity contribution is 6.32. The summed E-state index contributed by atoms with van der Waals surface area (Å²) in [5, 5.41) is 8.80. The van der Waals surface area contributed by atoms with Gasteiger partial charge >= 0.3 is 5.97 Å². The minimum absolute atomic E-state index is 0.192. The minimum atomic E-state index is -1.08. The van der Waals surface area contributed by atoms with E-state index in [1.54, 1.807) is 13.0 Å². The summed E-state index contributed by atoms with van der Waals surface area (Å²) in [4.78, 5) is 21.7. The van der Waals surface area contributed by atoms with Gasteiger partial charge in [-0.25, -0.2) is 4.79 Å². The molecule has 0 aliphatic carbocycles. The normalized spacial score (nSPS) is 12.1. The van der Waals surface area contributed by atoms with E-state index in [9.17, 15) is 9.59 Å². The molecule has 0 radical (unpaired) electrons. The lowest BCUT2D eigenvalue weighted by molar-refractivity contribution is -0.131. The van der Waals surface area contributed by atoms with Crippen LogP contribution in [0, 0.1) is 0 Å². The largest absolute Gasteiger partial charge is 0.493 e. The van der Waals surface area contributed by atoms with Gasteiger partial charge in [-0.3, -0.25) is 4.79 Å². The fourth-order valence-corrected chi connectivity index (χ4v) is 1.87. The number of benzene rings is 1. The molecule has 0 bridgehead atoms. The average molecular weight is 314 g/mol. The Morgan fingerprint density at radius 2 is 2.14 bits per heavy atom. The molecule has 21 heavy (non-hydrogen) atoms. The summed E-state index contributed by atoms with van der Waals surface area (Å²) >= 11 is 6.10. The summed E-state index contributed by atoms with van der Waals surface area (Å²) in [6.07, 6.45) is 1.91. The number of aliphatic carboxylic acids is 1. The van der Waals surface area contributed by atoms with Crippen molar-refractivity contribution in [3.8, 4) is 11.5 Å². The number of carboxylic acid groups (broad SMARTS) is 1. The van der Waals surface area contributed by atoms with E-state index in [2.05, 4.69) is 0 Å². The zero-order valence-electron chi connectivity index (χ0n) is 11.6. The Morgan fingerprint density at radius 1 is 1.48 bits per heavy atom. The van der Waals surface area contributed by atoms with Crippen molar-refractivity contribution in [1.82, 2.24) is 0 Å². The van der Waals surface area contributed by atoms with Crippen LogP contribution in [0.25, 0.3) is 6.08 Å². The summed E-state index contributed by atoms with van der Waals surface area (Å²) < 4.78 is 10.6. The molecule has 7 heteroatoms. The highest BCUT2D eigenvalue weighted by Crippen LogP contribution is 2.37. The summed E-state index contributed by atoms with van der Waals surface area (Å²) in [6.45, 7) is 1.75. The van der Waals surface area contributed by atoms with Gasteiger partial charge in [0, 0.05) is 6.08 Å². The van der Waals surface area contributed by atoms with Crippen LogP contribution < -0.4 is 15.2 Å². The Labute approximate surface area is 127 Å². The lowest BCUT2D eigenvalue weighted by Gasteiger charge is -2.18. The number of hydrogen-bond acceptors (Lipinski definition) is 4. The van der Waals surface area contributed by atoms with Crippen molar-refractivity contribution in [2.45, 2.75) is 19.4 Å². The second-order valence-electron chi connectivity index (χ2n) is 4.12. The number of carboxylic acids is 1. The number of primary amides is 1. The molecular formula is C14H16ClNO5. The second kappa shape index (κ2) is 7.54. The molecule has 0 aromatic heterocycles. The first kappa shape index (κ1) is 16.8. The Morgan fingerprint density at radius 3 is 2.62 bits per heavy atom. The van der Waals surface area contributed by atoms with Crippen LogP contribution in [0.4, 0.5) is 0 Å². The molecule has 6 nitrogen and oxygen atoms in total. The lowest BCUT2D eigenvalue weighted by Crippen LogP contribution is -2.33. The van der Waals surface area contributed by atoms with Crippen molar-refractivity contribution in [1.29, 1.82) is 0 Å². The molecule has 114 valence electrons. The number of ether oxygens (including phenoxy) is 2. The number of hydrogen-bond donors (Lipinski definition) is 2. The van der Waals surface area contributed by atoms with Gasteiger partial charge in [0.1, 0.15) is 0 Å². The molecule has 0 heterocycles. The van der Waals surface area contributed by atoms with Gasteiger partial charge in [0.2, 0.25) is 0 Å². The van der Waals surface area contributed by atoms with Crippen molar-refractivity contribution in [2.75, 3.05) is 7.11 Å². The zero-order chi connectivity index (χ0) is 16.0. The van der Waals surface area contributed by atoms with E-state index in [4.69, 9.17) is 31.9 Å². The molecule has 1 aromatic carbocycles. The molecule has 0 saturated heterocycles. The monoisotopic (exact) mass is 313 g/mol. The van der Waals surface area contributed by atoms with Crippen LogP contribution in [0.2, 0.25) is 5.02 Å². The van der Waals surface area contributed by atoms with Crippen LogP contribution in [-0.4, -0.2) is 30.2 Å². The first-order chi connectivity index (χ1) is 9.88. The third kappa shape index (κ3) is 4.68. The summed E-state index contributed by atoms with van der Waals surface area (Å²) in [7, 11) is 1.41. The molecule has 0 aliphatic rings. The molecule has 0 saturated carbocycles. The van der Waals surface area contributed by atoms with Gasteiger partial charge in [-0.05, 0) is 30.2 Å². The number of amides is 1. The maximum Gasteiger partial charge on any atom is 0.328 e. The molecule has 1 aromatic rings. The highest BCUT2D eigenvalue weighted by Gasteiger charge is 2.20. The minimum Gasteiger partial charge on any atom is -0.493 e. The number of nitrogens with two attached hydrogens (primary N) is 1. The third-order valence-corrected chi connectivity index (χ3v) is 2.90. The molecule has 0 fully saturated rings. The maximum absolute atomic E-state index is 11.2. The molecule has 3 N–H and O–H groups in total. The first-order valence-corrected chi connectivity index (χ1v) is 6.51. The van der Waals surface area contributed by atoms with Gasteiger partial charge in [0.25, 0.3) is 5.91 Å². The smallest absolute Gasteiger partial charge is 0.328 e. The molecule has 0 aliphatic heterocycles. The van der Waals surface area contributed by atoms with Crippen LogP contribution in [0.1, 0.15) is 18.9 Å². The standard InChI is InChI=1S/C14H16ClNO5/c1-3-10(14(16)19)21-13-9(15)6-8(4-5-12(17)18)7-11(13)20-2/h4-7,10H,3H2,1-2H3,(H2,16,19)(H,17,18). The molecule has 1 unspecified atom stereocenters. The number of methoxy groups -OCH3 is 1. The van der Waals surface area contributed by atoms with Crippen LogP contribution in [0.15, 0.2) is 18.2 Å². The van der Waals surface area contributed by atoms with E-state index in [-0.39, 0.29) is 16.5 Å². The van der Waals surface area contributed by atoms with E-state index in [1.807, 2.05) is 0 Å². The predicted octanol–water partition coefficient (Wildman–Crippen LogP) is 2.09. The van der Waals surface area contributed by atoms with Gasteiger partial charge in [0.05, 0.1) is 12.1 Å². The third-order valence-electron chi connectivity index (χ3n) is 2.62. The molecule has 1 atom stereocenters. The van der Waals surface area contributed by atoms with Crippen LogP contribution in [0.5, 0.6) is 11.5 Å². The SMILES string of the molecule is CCC(Oc1c(Cl)cc(C=CC(=O)O)cc1OC)C(N)=O. The van der Waals surface area contributed by atoms with Gasteiger partial charge in [-0.2, -0.15) is 0 Å². The van der Waals surface area contributed by atoms with E-state index in [0.29, 0.717) is 12.0 Å². The highest BCUT2D eigenvalue weighted by atomic mass is 35.5. The summed E-state index contributed by atoms with van der Waals surface area (Å²) in [5.74, 6) is -1.21. The van der Waals surface area contributed by atoms with Gasteiger partial charge in [-0.15, -0.1) is 0 Å². The van der Waals surface area contributed by atoms with Gasteiger partial charge in [0.15, 0.2) is 17.6 Å². The fourth-order valence-electron chi connectivity index (χ4n) is 1.60. The van der Waals surface area contributed by atoms with Crippen LogP contribution in [0.3, 0.4) is 0 Å². The number of rotatable bonds is 7.